The van der Waals surface area contributed by atoms with Gasteiger partial charge in [0.15, 0.2) is 6.04 Å². The van der Waals surface area contributed by atoms with E-state index in [-0.39, 0.29) is 10.8 Å². The number of nitrogens with zero attached hydrogens (tertiary/aromatic N) is 1. The van der Waals surface area contributed by atoms with Gasteiger partial charge in [0.2, 0.25) is 0 Å². The van der Waals surface area contributed by atoms with Gasteiger partial charge in [0.1, 0.15) is 0 Å². The molecule has 5 nitrogen and oxygen atoms in total. The number of hydrogen-bond acceptors (Lipinski definition) is 4. The topological polar surface area (TPSA) is 68.1 Å². The van der Waals surface area contributed by atoms with Crippen LogP contribution in [0.1, 0.15) is 57.2 Å². The lowest BCUT2D eigenvalue weighted by Crippen LogP contribution is -2.47. The largest absolute Gasteiger partial charge is 0.493 e. The van der Waals surface area contributed by atoms with E-state index in [0.717, 1.165) is 22.2 Å². The van der Waals surface area contributed by atoms with Crippen LogP contribution < -0.4 is 5.46 Å². The molecule has 4 rings (SSSR count). The molecule has 0 aromatic heterocycles. The number of benzene rings is 3. The number of carboxylic acids is 1. The Hall–Kier alpha value is -3.22. The zero-order valence-electron chi connectivity index (χ0n) is 22.3. The van der Waals surface area contributed by atoms with Crippen LogP contribution in [0.2, 0.25) is 0 Å². The van der Waals surface area contributed by atoms with Crippen molar-refractivity contribution in [2.24, 2.45) is 15.8 Å². The zero-order valence-corrected chi connectivity index (χ0v) is 22.3. The second-order valence-corrected chi connectivity index (χ2v) is 11.6. The number of aliphatic carboxylic acids is 1. The number of aliphatic imine (C=N–C) groups is 1. The molecule has 37 heavy (non-hydrogen) atoms. The van der Waals surface area contributed by atoms with Gasteiger partial charge in [0, 0.05) is 35.7 Å². The normalized spacial score (nSPS) is 17.1. The fraction of sp³-hybridized carbons (Fsp3) is 0.355. The molecule has 0 amide bonds. The molecule has 1 heterocycles. The number of carbonyl (C=O) groups is 1. The van der Waals surface area contributed by atoms with Crippen molar-refractivity contribution in [3.8, 4) is 0 Å². The van der Waals surface area contributed by atoms with E-state index in [9.17, 15) is 9.90 Å². The van der Waals surface area contributed by atoms with Crippen LogP contribution in [0.4, 0.5) is 0 Å². The highest BCUT2D eigenvalue weighted by Gasteiger charge is 2.40. The van der Waals surface area contributed by atoms with E-state index in [4.69, 9.17) is 14.3 Å². The fourth-order valence-corrected chi connectivity index (χ4v) is 4.86. The van der Waals surface area contributed by atoms with Gasteiger partial charge in [-0.05, 0) is 16.4 Å². The molecule has 2 unspecified atom stereocenters. The van der Waals surface area contributed by atoms with Crippen molar-refractivity contribution in [2.45, 2.75) is 46.6 Å². The molecule has 192 valence electrons. The molecule has 1 saturated heterocycles. The maximum absolute atomic E-state index is 12.9. The Labute approximate surface area is 220 Å². The predicted molar refractivity (Wildman–Crippen MR) is 150 cm³/mol. The third-order valence-corrected chi connectivity index (χ3v) is 6.66. The van der Waals surface area contributed by atoms with Crippen molar-refractivity contribution in [2.75, 3.05) is 13.2 Å². The van der Waals surface area contributed by atoms with Gasteiger partial charge in [0.05, 0.1) is 5.71 Å². The van der Waals surface area contributed by atoms with E-state index in [1.165, 1.54) is 0 Å². The Balaban J connectivity index is 1.79. The highest BCUT2D eigenvalue weighted by atomic mass is 16.6. The highest BCUT2D eigenvalue weighted by molar-refractivity contribution is 6.61. The van der Waals surface area contributed by atoms with E-state index in [1.807, 2.05) is 84.9 Å². The fourth-order valence-electron chi connectivity index (χ4n) is 4.86. The average Bonchev–Trinajstić information content (AvgIpc) is 2.86. The Morgan fingerprint density at radius 3 is 1.92 bits per heavy atom. The molecule has 0 bridgehead atoms. The average molecular weight is 497 g/mol. The van der Waals surface area contributed by atoms with Gasteiger partial charge in [-0.1, -0.05) is 120 Å². The van der Waals surface area contributed by atoms with Crippen LogP contribution >= 0.6 is 0 Å². The van der Waals surface area contributed by atoms with Gasteiger partial charge >= 0.3 is 13.1 Å². The first-order chi connectivity index (χ1) is 17.5. The molecule has 1 N–H and O–H groups in total. The van der Waals surface area contributed by atoms with E-state index in [2.05, 4.69) is 34.6 Å². The van der Waals surface area contributed by atoms with E-state index >= 15 is 0 Å². The minimum absolute atomic E-state index is 0.0313. The molecule has 0 radical (unpaired) electrons. The van der Waals surface area contributed by atoms with Gasteiger partial charge in [-0.25, -0.2) is 4.79 Å². The van der Waals surface area contributed by atoms with Crippen LogP contribution in [0.15, 0.2) is 89.9 Å². The number of hydrogen-bond donors (Lipinski definition) is 1. The third-order valence-electron chi connectivity index (χ3n) is 6.66. The number of rotatable bonds is 7. The van der Waals surface area contributed by atoms with Crippen molar-refractivity contribution in [1.29, 1.82) is 0 Å². The lowest BCUT2D eigenvalue weighted by Gasteiger charge is -2.35. The van der Waals surface area contributed by atoms with Crippen molar-refractivity contribution in [1.82, 2.24) is 0 Å². The Kier molecular flexibility index (Phi) is 8.00. The quantitative estimate of drug-likeness (QED) is 0.342. The Morgan fingerprint density at radius 1 is 0.892 bits per heavy atom. The number of carboxylic acid groups (broad SMARTS) is 1. The van der Waals surface area contributed by atoms with Gasteiger partial charge in [-0.3, -0.25) is 4.99 Å². The summed E-state index contributed by atoms with van der Waals surface area (Å²) in [6.07, 6.45) is 0. The summed E-state index contributed by atoms with van der Waals surface area (Å²) in [5.74, 6) is -1.35. The van der Waals surface area contributed by atoms with E-state index in [0.29, 0.717) is 18.9 Å². The van der Waals surface area contributed by atoms with Crippen LogP contribution in [0.25, 0.3) is 0 Å². The van der Waals surface area contributed by atoms with Crippen LogP contribution in [0.5, 0.6) is 0 Å². The third kappa shape index (κ3) is 6.57. The Bertz CT molecular complexity index is 1180. The minimum Gasteiger partial charge on any atom is -0.480 e. The summed E-state index contributed by atoms with van der Waals surface area (Å²) >= 11 is 0. The van der Waals surface area contributed by atoms with Gasteiger partial charge in [-0.15, -0.1) is 0 Å². The summed E-state index contributed by atoms with van der Waals surface area (Å²) in [7, 11) is -0.468. The maximum Gasteiger partial charge on any atom is 0.493 e. The summed E-state index contributed by atoms with van der Waals surface area (Å²) in [5.41, 5.74) is 3.80. The lowest BCUT2D eigenvalue weighted by atomic mass is 9.69. The standard InChI is InChI=1S/C31H36BNO4/c1-30(2,3)26(24-17-12-18-25(19-24)32-36-20-31(4,5)21-37-32)28(29(34)35)33-27(22-13-8-6-9-14-22)23-15-10-7-11-16-23/h6-19,26,28H,20-21H2,1-5H3,(H,34,35). The molecule has 0 spiro atoms. The summed E-state index contributed by atoms with van der Waals surface area (Å²) in [4.78, 5) is 17.8. The summed E-state index contributed by atoms with van der Waals surface area (Å²) in [6, 6.07) is 26.5. The van der Waals surface area contributed by atoms with Crippen molar-refractivity contribution < 1.29 is 19.2 Å². The second kappa shape index (κ2) is 11.0. The molecule has 0 saturated carbocycles. The van der Waals surface area contributed by atoms with Crippen LogP contribution in [-0.2, 0) is 14.1 Å². The molecule has 2 atom stereocenters. The van der Waals surface area contributed by atoms with Crippen molar-refractivity contribution in [3.05, 3.63) is 102 Å². The van der Waals surface area contributed by atoms with Crippen LogP contribution in [0, 0.1) is 10.8 Å². The van der Waals surface area contributed by atoms with E-state index < -0.39 is 25.0 Å². The monoisotopic (exact) mass is 497 g/mol. The lowest BCUT2D eigenvalue weighted by molar-refractivity contribution is -0.139. The molecule has 1 aliphatic rings. The molecule has 6 heteroatoms. The van der Waals surface area contributed by atoms with Gasteiger partial charge in [0.25, 0.3) is 0 Å². The molecular formula is C31H36BNO4. The zero-order chi connectivity index (χ0) is 26.6. The second-order valence-electron chi connectivity index (χ2n) is 11.6. The van der Waals surface area contributed by atoms with Crippen molar-refractivity contribution in [3.63, 3.8) is 0 Å². The SMILES string of the molecule is CC1(C)COB(c2cccc(C(C(N=C(c3ccccc3)c3ccccc3)C(=O)O)C(C)(C)C)c2)OC1. The first-order valence-electron chi connectivity index (χ1n) is 12.8. The predicted octanol–water partition coefficient (Wildman–Crippen LogP) is 5.58. The maximum atomic E-state index is 12.9. The molecule has 1 fully saturated rings. The van der Waals surface area contributed by atoms with Crippen LogP contribution in [0.3, 0.4) is 0 Å². The first kappa shape index (κ1) is 26.8. The van der Waals surface area contributed by atoms with Crippen molar-refractivity contribution >= 4 is 24.3 Å². The summed E-state index contributed by atoms with van der Waals surface area (Å²) in [6.45, 7) is 11.6. The molecule has 0 aliphatic carbocycles. The molecule has 3 aromatic rings. The first-order valence-corrected chi connectivity index (χ1v) is 12.8. The molecule has 3 aromatic carbocycles. The molecule has 1 aliphatic heterocycles. The van der Waals surface area contributed by atoms with Gasteiger partial charge in [-0.2, -0.15) is 0 Å². The summed E-state index contributed by atoms with van der Waals surface area (Å²) in [5, 5.41) is 10.5. The van der Waals surface area contributed by atoms with Gasteiger partial charge < -0.3 is 14.4 Å². The smallest absolute Gasteiger partial charge is 0.480 e. The summed E-state index contributed by atoms with van der Waals surface area (Å²) < 4.78 is 12.0. The minimum atomic E-state index is -1.00. The highest BCUT2D eigenvalue weighted by Crippen LogP contribution is 2.39. The Morgan fingerprint density at radius 2 is 1.43 bits per heavy atom. The van der Waals surface area contributed by atoms with E-state index in [1.54, 1.807) is 0 Å². The molecular weight excluding hydrogens is 461 g/mol. The van der Waals surface area contributed by atoms with Crippen LogP contribution in [-0.4, -0.2) is 43.2 Å².